The van der Waals surface area contributed by atoms with Gasteiger partial charge in [-0.1, -0.05) is 28.1 Å². The molecule has 0 fully saturated rings. The van der Waals surface area contributed by atoms with Crippen molar-refractivity contribution in [1.82, 2.24) is 0 Å². The van der Waals surface area contributed by atoms with Crippen LogP contribution in [0.2, 0.25) is 0 Å². The second-order valence-corrected chi connectivity index (χ2v) is 7.25. The average Bonchev–Trinajstić information content (AvgIpc) is 3.00. The van der Waals surface area contributed by atoms with Crippen LogP contribution in [0, 0.1) is 5.82 Å². The van der Waals surface area contributed by atoms with Crippen molar-refractivity contribution >= 4 is 39.0 Å². The summed E-state index contributed by atoms with van der Waals surface area (Å²) in [6.07, 6.45) is -0.0333. The minimum Gasteiger partial charge on any atom is -0.478 e. The molecule has 1 aromatic heterocycles. The molecule has 0 bridgehead atoms. The Kier molecular flexibility index (Phi) is 5.11. The molecule has 6 heteroatoms. The zero-order valence-corrected chi connectivity index (χ0v) is 15.2. The van der Waals surface area contributed by atoms with Crippen LogP contribution in [0.25, 0.3) is 11.1 Å². The van der Waals surface area contributed by atoms with Crippen molar-refractivity contribution in [3.63, 3.8) is 0 Å². The molecule has 3 nitrogen and oxygen atoms in total. The van der Waals surface area contributed by atoms with Crippen molar-refractivity contribution in [2.24, 2.45) is 0 Å². The van der Waals surface area contributed by atoms with Crippen LogP contribution in [0.3, 0.4) is 0 Å². The first-order valence-corrected chi connectivity index (χ1v) is 9.01. The van der Waals surface area contributed by atoms with Gasteiger partial charge in [-0.15, -0.1) is 11.3 Å². The zero-order chi connectivity index (χ0) is 18.0. The molecule has 0 saturated carbocycles. The van der Waals surface area contributed by atoms with Crippen LogP contribution >= 0.6 is 27.3 Å². The van der Waals surface area contributed by atoms with E-state index in [4.69, 9.17) is 0 Å². The molecule has 1 N–H and O–H groups in total. The lowest BCUT2D eigenvalue weighted by molar-refractivity contribution is 0.0697. The molecule has 0 radical (unpaired) electrons. The molecule has 0 aliphatic carbocycles. The predicted octanol–water partition coefficient (Wildman–Crippen LogP) is 5.44. The molecule has 1 heterocycles. The number of carboxylic acids is 1. The summed E-state index contributed by atoms with van der Waals surface area (Å²) in [5.74, 6) is -1.73. The van der Waals surface area contributed by atoms with Crippen molar-refractivity contribution in [3.05, 3.63) is 80.2 Å². The lowest BCUT2D eigenvalue weighted by Gasteiger charge is -2.04. The quantitative estimate of drug-likeness (QED) is 0.561. The van der Waals surface area contributed by atoms with Gasteiger partial charge in [-0.05, 0) is 47.3 Å². The minimum absolute atomic E-state index is 0.0333. The van der Waals surface area contributed by atoms with E-state index in [1.807, 2.05) is 24.3 Å². The lowest BCUT2D eigenvalue weighted by atomic mass is 10.00. The first-order chi connectivity index (χ1) is 12.0. The van der Waals surface area contributed by atoms with Gasteiger partial charge in [0, 0.05) is 26.9 Å². The number of carbonyl (C=O) groups is 2. The average molecular weight is 419 g/mol. The Morgan fingerprint density at radius 2 is 1.68 bits per heavy atom. The maximum atomic E-state index is 13.0. The van der Waals surface area contributed by atoms with E-state index in [0.717, 1.165) is 10.0 Å². The molecule has 0 spiro atoms. The van der Waals surface area contributed by atoms with Gasteiger partial charge in [-0.3, -0.25) is 4.79 Å². The van der Waals surface area contributed by atoms with Crippen molar-refractivity contribution in [2.75, 3.05) is 0 Å². The Morgan fingerprint density at radius 3 is 2.28 bits per heavy atom. The third-order valence-corrected chi connectivity index (χ3v) is 5.24. The third kappa shape index (κ3) is 3.86. The van der Waals surface area contributed by atoms with E-state index in [9.17, 15) is 19.1 Å². The van der Waals surface area contributed by atoms with Crippen LogP contribution in [0.5, 0.6) is 0 Å². The highest BCUT2D eigenvalue weighted by Gasteiger charge is 2.21. The number of Topliss-reactive ketones (excluding diaryl/α,β-unsaturated/α-hetero) is 1. The molecule has 3 aromatic rings. The van der Waals surface area contributed by atoms with Gasteiger partial charge < -0.3 is 5.11 Å². The topological polar surface area (TPSA) is 54.4 Å². The molecule has 0 saturated heterocycles. The van der Waals surface area contributed by atoms with Crippen LogP contribution in [-0.2, 0) is 6.42 Å². The Hall–Kier alpha value is -2.31. The normalized spacial score (nSPS) is 10.6. The van der Waals surface area contributed by atoms with E-state index in [0.29, 0.717) is 16.0 Å². The van der Waals surface area contributed by atoms with E-state index < -0.39 is 11.8 Å². The molecular weight excluding hydrogens is 407 g/mol. The molecule has 0 amide bonds. The van der Waals surface area contributed by atoms with Gasteiger partial charge in [0.2, 0.25) is 0 Å². The van der Waals surface area contributed by atoms with E-state index in [1.165, 1.54) is 35.6 Å². The fourth-order valence-electron chi connectivity index (χ4n) is 2.49. The lowest BCUT2D eigenvalue weighted by Crippen LogP contribution is -2.07. The zero-order valence-electron chi connectivity index (χ0n) is 12.8. The highest BCUT2D eigenvalue weighted by atomic mass is 79.9. The predicted molar refractivity (Wildman–Crippen MR) is 98.8 cm³/mol. The largest absolute Gasteiger partial charge is 0.478 e. The minimum atomic E-state index is -1.07. The van der Waals surface area contributed by atoms with E-state index in [1.54, 1.807) is 5.38 Å². The monoisotopic (exact) mass is 418 g/mol. The van der Waals surface area contributed by atoms with Gasteiger partial charge in [0.1, 0.15) is 5.82 Å². The molecule has 0 unspecified atom stereocenters. The van der Waals surface area contributed by atoms with Crippen molar-refractivity contribution in [3.8, 4) is 11.1 Å². The number of thiophene rings is 1. The fraction of sp³-hybridized carbons (Fsp3) is 0.0526. The summed E-state index contributed by atoms with van der Waals surface area (Å²) in [5.41, 5.74) is 1.86. The summed E-state index contributed by atoms with van der Waals surface area (Å²) >= 11 is 4.59. The Labute approximate surface area is 155 Å². The Balaban J connectivity index is 1.94. The molecule has 0 aliphatic rings. The van der Waals surface area contributed by atoms with E-state index in [2.05, 4.69) is 15.9 Å². The van der Waals surface area contributed by atoms with Crippen LogP contribution in [-0.4, -0.2) is 16.9 Å². The number of rotatable bonds is 5. The number of aromatic carboxylic acids is 1. The van der Waals surface area contributed by atoms with Gasteiger partial charge in [-0.25, -0.2) is 9.18 Å². The summed E-state index contributed by atoms with van der Waals surface area (Å²) in [6, 6.07) is 12.6. The van der Waals surface area contributed by atoms with Gasteiger partial charge in [0.05, 0.1) is 5.56 Å². The SMILES string of the molecule is O=C(Cc1scc(-c2ccc(Br)cc2)c1C(=O)O)c1ccc(F)cc1. The van der Waals surface area contributed by atoms with Crippen LogP contribution in [0.4, 0.5) is 4.39 Å². The van der Waals surface area contributed by atoms with E-state index in [-0.39, 0.29) is 17.8 Å². The summed E-state index contributed by atoms with van der Waals surface area (Å²) in [4.78, 5) is 24.6. The molecule has 0 atom stereocenters. The smallest absolute Gasteiger partial charge is 0.337 e. The maximum Gasteiger partial charge on any atom is 0.337 e. The summed E-state index contributed by atoms with van der Waals surface area (Å²) in [7, 11) is 0. The van der Waals surface area contributed by atoms with E-state index >= 15 is 0 Å². The number of halogens is 2. The molecule has 2 aromatic carbocycles. The summed E-state index contributed by atoms with van der Waals surface area (Å²) < 4.78 is 13.9. The number of benzene rings is 2. The fourth-order valence-corrected chi connectivity index (χ4v) is 3.80. The molecule has 25 heavy (non-hydrogen) atoms. The third-order valence-electron chi connectivity index (χ3n) is 3.72. The number of carbonyl (C=O) groups excluding carboxylic acids is 1. The molecule has 3 rings (SSSR count). The first-order valence-electron chi connectivity index (χ1n) is 7.34. The maximum absolute atomic E-state index is 13.0. The van der Waals surface area contributed by atoms with Gasteiger partial charge in [0.25, 0.3) is 0 Å². The van der Waals surface area contributed by atoms with Gasteiger partial charge >= 0.3 is 5.97 Å². The number of hydrogen-bond acceptors (Lipinski definition) is 3. The first kappa shape index (κ1) is 17.5. The molecule has 126 valence electrons. The Morgan fingerprint density at radius 1 is 1.04 bits per heavy atom. The van der Waals surface area contributed by atoms with Crippen LogP contribution in [0.1, 0.15) is 25.6 Å². The second kappa shape index (κ2) is 7.29. The standard InChI is InChI=1S/C19H12BrFO3S/c20-13-5-1-11(2-6-13)15-10-25-17(18(15)19(23)24)9-16(22)12-3-7-14(21)8-4-12/h1-8,10H,9H2,(H,23,24). The highest BCUT2D eigenvalue weighted by molar-refractivity contribution is 9.10. The van der Waals surface area contributed by atoms with Gasteiger partial charge in [0.15, 0.2) is 5.78 Å². The van der Waals surface area contributed by atoms with Crippen LogP contribution < -0.4 is 0 Å². The van der Waals surface area contributed by atoms with Gasteiger partial charge in [-0.2, -0.15) is 0 Å². The summed E-state index contributed by atoms with van der Waals surface area (Å²) in [5, 5.41) is 11.4. The van der Waals surface area contributed by atoms with Crippen molar-refractivity contribution < 1.29 is 19.1 Å². The molecular formula is C19H12BrFO3S. The van der Waals surface area contributed by atoms with Crippen molar-refractivity contribution in [2.45, 2.75) is 6.42 Å². The van der Waals surface area contributed by atoms with Crippen LogP contribution in [0.15, 0.2) is 58.4 Å². The summed E-state index contributed by atoms with van der Waals surface area (Å²) in [6.45, 7) is 0. The highest BCUT2D eigenvalue weighted by Crippen LogP contribution is 2.33. The second-order valence-electron chi connectivity index (χ2n) is 5.37. The number of carboxylic acid groups (broad SMARTS) is 1. The molecule has 0 aliphatic heterocycles. The number of hydrogen-bond donors (Lipinski definition) is 1. The Bertz CT molecular complexity index is 930. The number of ketones is 1. The van der Waals surface area contributed by atoms with Crippen molar-refractivity contribution in [1.29, 1.82) is 0 Å².